The second kappa shape index (κ2) is 6.87. The van der Waals surface area contributed by atoms with Crippen LogP contribution in [0.4, 0.5) is 0 Å². The van der Waals surface area contributed by atoms with Gasteiger partial charge in [-0.3, -0.25) is 0 Å². The van der Waals surface area contributed by atoms with Crippen molar-refractivity contribution in [1.82, 2.24) is 9.62 Å². The van der Waals surface area contributed by atoms with Crippen LogP contribution in [0.2, 0.25) is 0 Å². The molecule has 1 N–H and O–H groups in total. The van der Waals surface area contributed by atoms with Gasteiger partial charge in [-0.25, -0.2) is 13.1 Å². The number of nitrogens with one attached hydrogen (secondary N) is 1. The van der Waals surface area contributed by atoms with E-state index in [1.807, 2.05) is 6.92 Å². The first kappa shape index (κ1) is 15.1. The molecule has 5 heteroatoms. The molecule has 102 valence electrons. The maximum atomic E-state index is 12.1. The van der Waals surface area contributed by atoms with E-state index in [4.69, 9.17) is 0 Å². The van der Waals surface area contributed by atoms with E-state index in [2.05, 4.69) is 23.5 Å². The molecule has 1 rings (SSSR count). The van der Waals surface area contributed by atoms with Gasteiger partial charge in [-0.15, -0.1) is 0 Å². The van der Waals surface area contributed by atoms with Crippen molar-refractivity contribution < 1.29 is 8.42 Å². The van der Waals surface area contributed by atoms with Crippen molar-refractivity contribution >= 4 is 10.0 Å². The van der Waals surface area contributed by atoms with E-state index < -0.39 is 10.0 Å². The second-order valence-corrected chi connectivity index (χ2v) is 6.04. The Bertz CT molecular complexity index is 441. The fraction of sp³-hybridized carbons (Fsp3) is 0.538. The van der Waals surface area contributed by atoms with Crippen molar-refractivity contribution in [2.75, 3.05) is 19.6 Å². The van der Waals surface area contributed by atoms with Crippen LogP contribution >= 0.6 is 0 Å². The SMILES string of the molecule is CCN(CC)CC(C)NS(=O)(=O)c1ccccc1. The van der Waals surface area contributed by atoms with Gasteiger partial charge in [-0.1, -0.05) is 32.0 Å². The Hall–Kier alpha value is -0.910. The van der Waals surface area contributed by atoms with Gasteiger partial charge in [-0.2, -0.15) is 0 Å². The monoisotopic (exact) mass is 270 g/mol. The fourth-order valence-corrected chi connectivity index (χ4v) is 3.09. The van der Waals surface area contributed by atoms with Crippen LogP contribution < -0.4 is 4.72 Å². The molecule has 0 aromatic heterocycles. The Balaban J connectivity index is 2.67. The maximum absolute atomic E-state index is 12.1. The summed E-state index contributed by atoms with van der Waals surface area (Å²) in [5.74, 6) is 0. The highest BCUT2D eigenvalue weighted by molar-refractivity contribution is 7.89. The molecule has 4 nitrogen and oxygen atoms in total. The van der Waals surface area contributed by atoms with Gasteiger partial charge >= 0.3 is 0 Å². The van der Waals surface area contributed by atoms with Crippen LogP contribution in [0.3, 0.4) is 0 Å². The summed E-state index contributed by atoms with van der Waals surface area (Å²) in [6, 6.07) is 8.36. The summed E-state index contributed by atoms with van der Waals surface area (Å²) in [5.41, 5.74) is 0. The molecular weight excluding hydrogens is 248 g/mol. The van der Waals surface area contributed by atoms with Crippen LogP contribution in [-0.4, -0.2) is 39.0 Å². The second-order valence-electron chi connectivity index (χ2n) is 4.32. The summed E-state index contributed by atoms with van der Waals surface area (Å²) in [6.07, 6.45) is 0. The number of hydrogen-bond donors (Lipinski definition) is 1. The molecule has 18 heavy (non-hydrogen) atoms. The van der Waals surface area contributed by atoms with E-state index in [-0.39, 0.29) is 6.04 Å². The van der Waals surface area contributed by atoms with Crippen LogP contribution in [0.25, 0.3) is 0 Å². The summed E-state index contributed by atoms with van der Waals surface area (Å²) in [5, 5.41) is 0. The fourth-order valence-electron chi connectivity index (χ4n) is 1.84. The smallest absolute Gasteiger partial charge is 0.240 e. The minimum atomic E-state index is -3.40. The molecule has 1 unspecified atom stereocenters. The summed E-state index contributed by atoms with van der Waals surface area (Å²) in [6.45, 7) is 8.60. The number of sulfonamides is 1. The summed E-state index contributed by atoms with van der Waals surface area (Å²) in [4.78, 5) is 2.51. The largest absolute Gasteiger partial charge is 0.302 e. The van der Waals surface area contributed by atoms with Gasteiger partial charge in [0.1, 0.15) is 0 Å². The zero-order valence-corrected chi connectivity index (χ0v) is 12.1. The minimum absolute atomic E-state index is 0.102. The first-order chi connectivity index (χ1) is 8.49. The van der Waals surface area contributed by atoms with Gasteiger partial charge in [0.05, 0.1) is 4.90 Å². The van der Waals surface area contributed by atoms with Gasteiger partial charge in [-0.05, 0) is 32.1 Å². The molecule has 0 aliphatic rings. The van der Waals surface area contributed by atoms with Gasteiger partial charge < -0.3 is 4.90 Å². The van der Waals surface area contributed by atoms with Crippen molar-refractivity contribution in [3.8, 4) is 0 Å². The Morgan fingerprint density at radius 3 is 2.22 bits per heavy atom. The first-order valence-electron chi connectivity index (χ1n) is 6.29. The third kappa shape index (κ3) is 4.40. The van der Waals surface area contributed by atoms with Gasteiger partial charge in [0.2, 0.25) is 10.0 Å². The van der Waals surface area contributed by atoms with E-state index in [9.17, 15) is 8.42 Å². The lowest BCUT2D eigenvalue weighted by atomic mass is 10.3. The van der Waals surface area contributed by atoms with E-state index in [1.165, 1.54) is 0 Å². The van der Waals surface area contributed by atoms with Crippen molar-refractivity contribution in [2.45, 2.75) is 31.7 Å². The normalized spacial score (nSPS) is 13.8. The van der Waals surface area contributed by atoms with Crippen molar-refractivity contribution in [3.63, 3.8) is 0 Å². The maximum Gasteiger partial charge on any atom is 0.240 e. The third-order valence-corrected chi connectivity index (χ3v) is 4.44. The zero-order valence-electron chi connectivity index (χ0n) is 11.3. The quantitative estimate of drug-likeness (QED) is 0.820. The molecule has 0 amide bonds. The van der Waals surface area contributed by atoms with Crippen LogP contribution in [0.15, 0.2) is 35.2 Å². The van der Waals surface area contributed by atoms with Gasteiger partial charge in [0.25, 0.3) is 0 Å². The molecule has 0 radical (unpaired) electrons. The Labute approximate surface area is 110 Å². The topological polar surface area (TPSA) is 49.4 Å². The number of rotatable bonds is 7. The lowest BCUT2D eigenvalue weighted by Gasteiger charge is -2.23. The molecule has 0 saturated carbocycles. The molecule has 1 atom stereocenters. The predicted molar refractivity (Wildman–Crippen MR) is 74.0 cm³/mol. The zero-order chi connectivity index (χ0) is 13.6. The molecule has 0 bridgehead atoms. The van der Waals surface area contributed by atoms with Crippen LogP contribution in [-0.2, 0) is 10.0 Å². The summed E-state index contributed by atoms with van der Waals surface area (Å²) >= 11 is 0. The van der Waals surface area contributed by atoms with E-state index >= 15 is 0 Å². The summed E-state index contributed by atoms with van der Waals surface area (Å²) < 4.78 is 26.8. The average Bonchev–Trinajstić information content (AvgIpc) is 2.36. The van der Waals surface area contributed by atoms with E-state index in [0.29, 0.717) is 4.90 Å². The number of nitrogens with zero attached hydrogens (tertiary/aromatic N) is 1. The molecule has 0 aliphatic carbocycles. The van der Waals surface area contributed by atoms with Gasteiger partial charge in [0, 0.05) is 12.6 Å². The van der Waals surface area contributed by atoms with Gasteiger partial charge in [0.15, 0.2) is 0 Å². The molecular formula is C13H22N2O2S. The standard InChI is InChI=1S/C13H22N2O2S/c1-4-15(5-2)11-12(3)14-18(16,17)13-9-7-6-8-10-13/h6-10,12,14H,4-5,11H2,1-3H3. The number of benzene rings is 1. The Morgan fingerprint density at radius 2 is 1.72 bits per heavy atom. The van der Waals surface area contributed by atoms with Crippen molar-refractivity contribution in [3.05, 3.63) is 30.3 Å². The molecule has 0 heterocycles. The Morgan fingerprint density at radius 1 is 1.17 bits per heavy atom. The van der Waals surface area contributed by atoms with Crippen LogP contribution in [0, 0.1) is 0 Å². The van der Waals surface area contributed by atoms with E-state index in [0.717, 1.165) is 19.6 Å². The Kier molecular flexibility index (Phi) is 5.78. The highest BCUT2D eigenvalue weighted by Crippen LogP contribution is 2.08. The molecule has 1 aromatic carbocycles. The lowest BCUT2D eigenvalue weighted by Crippen LogP contribution is -2.41. The molecule has 1 aromatic rings. The lowest BCUT2D eigenvalue weighted by molar-refractivity contribution is 0.282. The molecule has 0 aliphatic heterocycles. The molecule has 0 fully saturated rings. The van der Waals surface area contributed by atoms with E-state index in [1.54, 1.807) is 30.3 Å². The molecule has 0 saturated heterocycles. The number of likely N-dealkylation sites (N-methyl/N-ethyl adjacent to an activating group) is 1. The first-order valence-corrected chi connectivity index (χ1v) is 7.77. The average molecular weight is 270 g/mol. The summed E-state index contributed by atoms with van der Waals surface area (Å²) in [7, 11) is -3.40. The van der Waals surface area contributed by atoms with Crippen molar-refractivity contribution in [2.24, 2.45) is 0 Å². The van der Waals surface area contributed by atoms with Crippen LogP contribution in [0.5, 0.6) is 0 Å². The number of hydrogen-bond acceptors (Lipinski definition) is 3. The van der Waals surface area contributed by atoms with Crippen LogP contribution in [0.1, 0.15) is 20.8 Å². The molecule has 0 spiro atoms. The third-order valence-electron chi connectivity index (χ3n) is 2.84. The predicted octanol–water partition coefficient (Wildman–Crippen LogP) is 1.70. The highest BCUT2D eigenvalue weighted by atomic mass is 32.2. The highest BCUT2D eigenvalue weighted by Gasteiger charge is 2.17. The minimum Gasteiger partial charge on any atom is -0.302 e. The van der Waals surface area contributed by atoms with Crippen molar-refractivity contribution in [1.29, 1.82) is 0 Å².